The summed E-state index contributed by atoms with van der Waals surface area (Å²) >= 11 is 0. The average molecular weight is 622 g/mol. The summed E-state index contributed by atoms with van der Waals surface area (Å²) in [4.78, 5) is 92.0. The fourth-order valence-corrected chi connectivity index (χ4v) is 5.70. The van der Waals surface area contributed by atoms with Crippen LogP contribution in [0.5, 0.6) is 5.75 Å². The van der Waals surface area contributed by atoms with Crippen LogP contribution in [0.4, 0.5) is 0 Å². The third kappa shape index (κ3) is 8.61. The number of hydroxylamine groups is 1. The lowest BCUT2D eigenvalue weighted by Crippen LogP contribution is -2.60. The number of fused-ring (bicyclic) bond motifs is 1. The van der Waals surface area contributed by atoms with Crippen LogP contribution in [0.15, 0.2) is 48.9 Å². The first-order valence-electron chi connectivity index (χ1n) is 14.9. The van der Waals surface area contributed by atoms with Crippen molar-refractivity contribution in [3.05, 3.63) is 54.6 Å². The lowest BCUT2D eigenvalue weighted by atomic mass is 9.83. The molecule has 1 aliphatic carbocycles. The molecule has 1 aromatic carbocycles. The van der Waals surface area contributed by atoms with Crippen LogP contribution in [0.1, 0.15) is 63.4 Å². The average Bonchev–Trinajstić information content (AvgIpc) is 3.43. The number of ketones is 1. The van der Waals surface area contributed by atoms with E-state index in [-0.39, 0.29) is 17.7 Å². The molecule has 0 bridgehead atoms. The third-order valence-electron chi connectivity index (χ3n) is 7.95. The Hall–Kier alpha value is -4.88. The van der Waals surface area contributed by atoms with Gasteiger partial charge in [-0.25, -0.2) is 4.98 Å². The highest BCUT2D eigenvalue weighted by Crippen LogP contribution is 2.41. The van der Waals surface area contributed by atoms with Crippen molar-refractivity contribution < 1.29 is 33.6 Å². The smallest absolute Gasteiger partial charge is 0.321 e. The number of hydrogen-bond acceptors (Lipinski definition) is 9. The van der Waals surface area contributed by atoms with E-state index in [2.05, 4.69) is 31.4 Å². The van der Waals surface area contributed by atoms with Gasteiger partial charge in [-0.15, -0.1) is 0 Å². The Morgan fingerprint density at radius 2 is 1.71 bits per heavy atom. The molecule has 4 rings (SSSR count). The molecule has 4 atom stereocenters. The Morgan fingerprint density at radius 3 is 2.40 bits per heavy atom. The van der Waals surface area contributed by atoms with Gasteiger partial charge in [0.1, 0.15) is 17.8 Å². The largest absolute Gasteiger partial charge is 0.379 e. The van der Waals surface area contributed by atoms with Gasteiger partial charge in [0.25, 0.3) is 5.91 Å². The van der Waals surface area contributed by atoms with Crippen molar-refractivity contribution in [3.63, 3.8) is 0 Å². The molecule has 5 amide bonds. The van der Waals surface area contributed by atoms with Gasteiger partial charge in [-0.3, -0.25) is 33.8 Å². The van der Waals surface area contributed by atoms with Crippen LogP contribution < -0.4 is 26.3 Å². The fourth-order valence-electron chi connectivity index (χ4n) is 5.70. The standard InChI is InChI=1S/C31H39N7O7/c1-31(2,3)26(36-25(40)18-35-27(41)21-16-32-13-14-33-21)30(44)38-22-12-8-7-9-19(22)15-23(38)28(42)34-17-24(39)29(43)37-45-20-10-5-4-6-11-20/h4-6,10-11,13-14,16,19,22-23,26H,7-9,12,15,17-18H2,1-3H3,(H,34,42)(H,35,41)(H,36,40)(H,37,43). The van der Waals surface area contributed by atoms with E-state index in [0.29, 0.717) is 18.6 Å². The Morgan fingerprint density at radius 1 is 0.978 bits per heavy atom. The van der Waals surface area contributed by atoms with Gasteiger partial charge >= 0.3 is 5.91 Å². The van der Waals surface area contributed by atoms with Crippen molar-refractivity contribution >= 4 is 35.3 Å². The summed E-state index contributed by atoms with van der Waals surface area (Å²) in [5.41, 5.74) is 1.35. The normalized spacial score (nSPS) is 19.8. The van der Waals surface area contributed by atoms with E-state index >= 15 is 0 Å². The SMILES string of the molecule is CC(C)(C)C(NC(=O)CNC(=O)c1cnccn1)C(=O)N1C(C(=O)NCC(=O)C(=O)NOc2ccccc2)CC2CCCCC21. The Labute approximate surface area is 261 Å². The topological polar surface area (TPSA) is 189 Å². The van der Waals surface area contributed by atoms with E-state index in [0.717, 1.165) is 19.3 Å². The minimum Gasteiger partial charge on any atom is -0.379 e. The van der Waals surface area contributed by atoms with Crippen LogP contribution in [0.25, 0.3) is 0 Å². The summed E-state index contributed by atoms with van der Waals surface area (Å²) in [5.74, 6) is -3.70. The zero-order valence-electron chi connectivity index (χ0n) is 25.6. The summed E-state index contributed by atoms with van der Waals surface area (Å²) in [7, 11) is 0. The number of nitrogens with one attached hydrogen (secondary N) is 4. The summed E-state index contributed by atoms with van der Waals surface area (Å²) in [6.07, 6.45) is 7.86. The molecule has 0 radical (unpaired) electrons. The Bertz CT molecular complexity index is 1400. The molecule has 2 aliphatic rings. The predicted molar refractivity (Wildman–Crippen MR) is 160 cm³/mol. The minimum atomic E-state index is -1.03. The molecular formula is C31H39N7O7. The molecule has 1 saturated heterocycles. The Balaban J connectivity index is 1.41. The maximum absolute atomic E-state index is 14.2. The maximum atomic E-state index is 14.2. The lowest BCUT2D eigenvalue weighted by Gasteiger charge is -2.39. The molecule has 4 unspecified atom stereocenters. The highest BCUT2D eigenvalue weighted by Gasteiger charge is 2.50. The second kappa shape index (κ2) is 14.7. The number of carbonyl (C=O) groups excluding carboxylic acids is 6. The fraction of sp³-hybridized carbons (Fsp3) is 0.484. The zero-order chi connectivity index (χ0) is 32.6. The number of para-hydroxylation sites is 1. The second-order valence-corrected chi connectivity index (χ2v) is 12.2. The van der Waals surface area contributed by atoms with Crippen molar-refractivity contribution in [2.45, 2.75) is 71.0 Å². The molecule has 14 heteroatoms. The van der Waals surface area contributed by atoms with Gasteiger partial charge in [0.15, 0.2) is 5.75 Å². The van der Waals surface area contributed by atoms with E-state index in [9.17, 15) is 28.8 Å². The molecule has 4 N–H and O–H groups in total. The first-order valence-corrected chi connectivity index (χ1v) is 14.9. The summed E-state index contributed by atoms with van der Waals surface area (Å²) < 4.78 is 0. The number of amides is 5. The van der Waals surface area contributed by atoms with Crippen molar-refractivity contribution in [1.29, 1.82) is 0 Å². The monoisotopic (exact) mass is 621 g/mol. The molecule has 2 heterocycles. The second-order valence-electron chi connectivity index (χ2n) is 12.2. The van der Waals surface area contributed by atoms with Crippen molar-refractivity contribution in [3.8, 4) is 5.75 Å². The van der Waals surface area contributed by atoms with Gasteiger partial charge in [0, 0.05) is 18.4 Å². The van der Waals surface area contributed by atoms with Gasteiger partial charge in [-0.2, -0.15) is 5.48 Å². The van der Waals surface area contributed by atoms with E-state index in [1.165, 1.54) is 18.6 Å². The van der Waals surface area contributed by atoms with Crippen LogP contribution >= 0.6 is 0 Å². The quantitative estimate of drug-likeness (QED) is 0.207. The van der Waals surface area contributed by atoms with Crippen LogP contribution in [-0.2, 0) is 24.0 Å². The number of Topliss-reactive ketones (excluding diaryl/α,β-unsaturated/α-hetero) is 1. The number of benzene rings is 1. The first kappa shape index (κ1) is 33.0. The summed E-state index contributed by atoms with van der Waals surface area (Å²) in [5, 5.41) is 7.75. The van der Waals surface area contributed by atoms with E-state index in [1.807, 2.05) is 0 Å². The number of hydrogen-bond donors (Lipinski definition) is 4. The zero-order valence-corrected chi connectivity index (χ0v) is 25.6. The maximum Gasteiger partial charge on any atom is 0.321 e. The number of rotatable bonds is 11. The highest BCUT2D eigenvalue weighted by molar-refractivity contribution is 6.37. The molecule has 1 aromatic heterocycles. The lowest BCUT2D eigenvalue weighted by molar-refractivity contribution is -0.146. The molecule has 45 heavy (non-hydrogen) atoms. The molecule has 2 aromatic rings. The molecule has 240 valence electrons. The first-order chi connectivity index (χ1) is 21.5. The number of likely N-dealkylation sites (tertiary alicyclic amines) is 1. The van der Waals surface area contributed by atoms with Crippen molar-refractivity contribution in [2.24, 2.45) is 11.3 Å². The van der Waals surface area contributed by atoms with Crippen LogP contribution in [0.2, 0.25) is 0 Å². The molecule has 0 spiro atoms. The van der Waals surface area contributed by atoms with Crippen LogP contribution in [-0.4, -0.2) is 81.4 Å². The minimum absolute atomic E-state index is 0.0442. The molecule has 2 fully saturated rings. The van der Waals surface area contributed by atoms with E-state index < -0.39 is 65.9 Å². The third-order valence-corrected chi connectivity index (χ3v) is 7.95. The summed E-state index contributed by atoms with van der Waals surface area (Å²) in [6.45, 7) is 4.41. The molecule has 14 nitrogen and oxygen atoms in total. The van der Waals surface area contributed by atoms with Gasteiger partial charge in [0.2, 0.25) is 23.5 Å². The molecule has 1 aliphatic heterocycles. The highest BCUT2D eigenvalue weighted by atomic mass is 16.7. The van der Waals surface area contributed by atoms with Gasteiger partial charge in [0.05, 0.1) is 19.3 Å². The van der Waals surface area contributed by atoms with Crippen LogP contribution in [0, 0.1) is 11.3 Å². The van der Waals surface area contributed by atoms with Crippen LogP contribution in [0.3, 0.4) is 0 Å². The Kier molecular flexibility index (Phi) is 10.8. The molecular weight excluding hydrogens is 582 g/mol. The van der Waals surface area contributed by atoms with Crippen molar-refractivity contribution in [1.82, 2.24) is 36.3 Å². The van der Waals surface area contributed by atoms with Gasteiger partial charge in [-0.1, -0.05) is 51.8 Å². The number of carbonyl (C=O) groups is 6. The van der Waals surface area contributed by atoms with Gasteiger partial charge < -0.3 is 25.7 Å². The van der Waals surface area contributed by atoms with Crippen molar-refractivity contribution in [2.75, 3.05) is 13.1 Å². The predicted octanol–water partition coefficient (Wildman–Crippen LogP) is 0.693. The van der Waals surface area contributed by atoms with E-state index in [1.54, 1.807) is 56.0 Å². The van der Waals surface area contributed by atoms with E-state index in [4.69, 9.17) is 4.84 Å². The van der Waals surface area contributed by atoms with Gasteiger partial charge in [-0.05, 0) is 42.7 Å². The molecule has 1 saturated carbocycles. The summed E-state index contributed by atoms with van der Waals surface area (Å²) in [6, 6.07) is 6.25. The number of aromatic nitrogens is 2. The number of nitrogens with zero attached hydrogens (tertiary/aromatic N) is 3.